The SMILES string of the molecule is Nc1ccc2c(Br)c[nH]c2n1. The van der Waals surface area contributed by atoms with E-state index in [1.54, 1.807) is 6.07 Å². The summed E-state index contributed by atoms with van der Waals surface area (Å²) in [4.78, 5) is 7.08. The molecule has 0 aromatic carbocycles. The molecule has 0 atom stereocenters. The topological polar surface area (TPSA) is 54.7 Å². The number of aromatic amines is 1. The summed E-state index contributed by atoms with van der Waals surface area (Å²) in [7, 11) is 0. The smallest absolute Gasteiger partial charge is 0.140 e. The number of nitrogens with one attached hydrogen (secondary N) is 1. The summed E-state index contributed by atoms with van der Waals surface area (Å²) in [5.74, 6) is 0.534. The van der Waals surface area contributed by atoms with Crippen LogP contribution in [-0.2, 0) is 0 Å². The molecule has 0 saturated heterocycles. The van der Waals surface area contributed by atoms with Crippen molar-refractivity contribution in [3.8, 4) is 0 Å². The zero-order valence-electron chi connectivity index (χ0n) is 5.63. The highest BCUT2D eigenvalue weighted by Gasteiger charge is 2.00. The first-order chi connectivity index (χ1) is 5.27. The van der Waals surface area contributed by atoms with Crippen molar-refractivity contribution < 1.29 is 0 Å². The molecule has 2 heterocycles. The molecule has 0 aliphatic heterocycles. The van der Waals surface area contributed by atoms with E-state index in [-0.39, 0.29) is 0 Å². The lowest BCUT2D eigenvalue weighted by molar-refractivity contribution is 1.33. The summed E-state index contributed by atoms with van der Waals surface area (Å²) >= 11 is 3.38. The molecule has 0 bridgehead atoms. The quantitative estimate of drug-likeness (QED) is 0.700. The number of H-pyrrole nitrogens is 1. The van der Waals surface area contributed by atoms with Crippen LogP contribution in [0.3, 0.4) is 0 Å². The van der Waals surface area contributed by atoms with Crippen molar-refractivity contribution in [1.82, 2.24) is 9.97 Å². The average Bonchev–Trinajstić information content (AvgIpc) is 2.32. The van der Waals surface area contributed by atoms with E-state index in [0.717, 1.165) is 15.5 Å². The van der Waals surface area contributed by atoms with Crippen LogP contribution in [0.25, 0.3) is 11.0 Å². The molecule has 3 N–H and O–H groups in total. The predicted octanol–water partition coefficient (Wildman–Crippen LogP) is 1.91. The first-order valence-electron chi connectivity index (χ1n) is 3.16. The largest absolute Gasteiger partial charge is 0.384 e. The Kier molecular flexibility index (Phi) is 1.35. The Morgan fingerprint density at radius 3 is 3.09 bits per heavy atom. The molecule has 0 aliphatic carbocycles. The molecule has 0 fully saturated rings. The third-order valence-corrected chi connectivity index (χ3v) is 2.17. The lowest BCUT2D eigenvalue weighted by Crippen LogP contribution is -1.88. The third kappa shape index (κ3) is 0.991. The van der Waals surface area contributed by atoms with Crippen molar-refractivity contribution in [2.75, 3.05) is 5.73 Å². The molecular weight excluding hydrogens is 206 g/mol. The minimum atomic E-state index is 0.534. The molecule has 0 aliphatic rings. The van der Waals surface area contributed by atoms with Crippen LogP contribution < -0.4 is 5.73 Å². The molecule has 2 aromatic heterocycles. The second-order valence-corrected chi connectivity index (χ2v) is 3.12. The summed E-state index contributed by atoms with van der Waals surface area (Å²) in [6.07, 6.45) is 1.84. The molecule has 11 heavy (non-hydrogen) atoms. The van der Waals surface area contributed by atoms with Gasteiger partial charge in [-0.05, 0) is 28.1 Å². The number of halogens is 1. The van der Waals surface area contributed by atoms with Crippen molar-refractivity contribution in [3.63, 3.8) is 0 Å². The number of pyridine rings is 1. The van der Waals surface area contributed by atoms with Crippen molar-refractivity contribution >= 4 is 32.8 Å². The van der Waals surface area contributed by atoms with Crippen molar-refractivity contribution in [3.05, 3.63) is 22.8 Å². The Labute approximate surface area is 71.7 Å². The van der Waals surface area contributed by atoms with Gasteiger partial charge in [-0.15, -0.1) is 0 Å². The molecule has 0 radical (unpaired) electrons. The van der Waals surface area contributed by atoms with Crippen LogP contribution in [0.15, 0.2) is 22.8 Å². The van der Waals surface area contributed by atoms with E-state index < -0.39 is 0 Å². The number of anilines is 1. The minimum absolute atomic E-state index is 0.534. The number of hydrogen-bond acceptors (Lipinski definition) is 2. The van der Waals surface area contributed by atoms with Gasteiger partial charge in [-0.2, -0.15) is 0 Å². The second-order valence-electron chi connectivity index (χ2n) is 2.27. The maximum absolute atomic E-state index is 5.49. The predicted molar refractivity (Wildman–Crippen MR) is 48.2 cm³/mol. The highest BCUT2D eigenvalue weighted by molar-refractivity contribution is 9.10. The number of fused-ring (bicyclic) bond motifs is 1. The third-order valence-electron chi connectivity index (χ3n) is 1.51. The van der Waals surface area contributed by atoms with E-state index in [4.69, 9.17) is 5.73 Å². The Morgan fingerprint density at radius 1 is 1.45 bits per heavy atom. The fourth-order valence-electron chi connectivity index (χ4n) is 0.986. The molecule has 2 rings (SSSR count). The summed E-state index contributed by atoms with van der Waals surface area (Å²) < 4.78 is 1.01. The molecular formula is C7H6BrN3. The van der Waals surface area contributed by atoms with Gasteiger partial charge in [0.25, 0.3) is 0 Å². The molecule has 56 valence electrons. The zero-order valence-corrected chi connectivity index (χ0v) is 7.22. The first-order valence-corrected chi connectivity index (χ1v) is 3.96. The Balaban J connectivity index is 2.86. The van der Waals surface area contributed by atoms with Gasteiger partial charge in [0.1, 0.15) is 11.5 Å². The number of nitrogen functional groups attached to an aromatic ring is 1. The van der Waals surface area contributed by atoms with Gasteiger partial charge in [0.15, 0.2) is 0 Å². The second kappa shape index (κ2) is 2.23. The van der Waals surface area contributed by atoms with Gasteiger partial charge >= 0.3 is 0 Å². The van der Waals surface area contributed by atoms with Crippen LogP contribution >= 0.6 is 15.9 Å². The van der Waals surface area contributed by atoms with Gasteiger partial charge in [0, 0.05) is 16.1 Å². The van der Waals surface area contributed by atoms with E-state index in [0.29, 0.717) is 5.82 Å². The lowest BCUT2D eigenvalue weighted by Gasteiger charge is -1.91. The van der Waals surface area contributed by atoms with E-state index in [2.05, 4.69) is 25.9 Å². The average molecular weight is 212 g/mol. The van der Waals surface area contributed by atoms with Crippen LogP contribution in [-0.4, -0.2) is 9.97 Å². The van der Waals surface area contributed by atoms with Crippen molar-refractivity contribution in [1.29, 1.82) is 0 Å². The number of hydrogen-bond donors (Lipinski definition) is 2. The first kappa shape index (κ1) is 6.67. The number of rotatable bonds is 0. The fraction of sp³-hybridized carbons (Fsp3) is 0. The maximum Gasteiger partial charge on any atom is 0.140 e. The standard InChI is InChI=1S/C7H6BrN3/c8-5-3-10-7-4(5)1-2-6(9)11-7/h1-3H,(H3,9,10,11). The van der Waals surface area contributed by atoms with Gasteiger partial charge in [-0.25, -0.2) is 4.98 Å². The molecule has 0 spiro atoms. The van der Waals surface area contributed by atoms with E-state index >= 15 is 0 Å². The van der Waals surface area contributed by atoms with Crippen LogP contribution in [0.4, 0.5) is 5.82 Å². The van der Waals surface area contributed by atoms with Gasteiger partial charge in [0.05, 0.1) is 0 Å². The zero-order chi connectivity index (χ0) is 7.84. The summed E-state index contributed by atoms with van der Waals surface area (Å²) in [6.45, 7) is 0. The fourth-order valence-corrected chi connectivity index (χ4v) is 1.42. The summed E-state index contributed by atoms with van der Waals surface area (Å²) in [6, 6.07) is 3.71. The lowest BCUT2D eigenvalue weighted by atomic mass is 10.3. The number of nitrogens with zero attached hydrogens (tertiary/aromatic N) is 1. The molecule has 4 heteroatoms. The van der Waals surface area contributed by atoms with Crippen LogP contribution in [0.5, 0.6) is 0 Å². The maximum atomic E-state index is 5.49. The minimum Gasteiger partial charge on any atom is -0.384 e. The van der Waals surface area contributed by atoms with E-state index in [1.165, 1.54) is 0 Å². The molecule has 0 unspecified atom stereocenters. The number of nitrogens with two attached hydrogens (primary N) is 1. The van der Waals surface area contributed by atoms with Crippen molar-refractivity contribution in [2.24, 2.45) is 0 Å². The molecule has 3 nitrogen and oxygen atoms in total. The molecule has 2 aromatic rings. The van der Waals surface area contributed by atoms with Gasteiger partial charge in [-0.3, -0.25) is 0 Å². The number of aromatic nitrogens is 2. The molecule has 0 amide bonds. The van der Waals surface area contributed by atoms with Gasteiger partial charge < -0.3 is 10.7 Å². The normalized spacial score (nSPS) is 10.6. The monoisotopic (exact) mass is 211 g/mol. The molecule has 0 saturated carbocycles. The highest BCUT2D eigenvalue weighted by Crippen LogP contribution is 2.22. The summed E-state index contributed by atoms with van der Waals surface area (Å²) in [5, 5.41) is 1.05. The van der Waals surface area contributed by atoms with Gasteiger partial charge in [-0.1, -0.05) is 0 Å². The van der Waals surface area contributed by atoms with Gasteiger partial charge in [0.2, 0.25) is 0 Å². The van der Waals surface area contributed by atoms with E-state index in [9.17, 15) is 0 Å². The van der Waals surface area contributed by atoms with Crippen molar-refractivity contribution in [2.45, 2.75) is 0 Å². The van der Waals surface area contributed by atoms with Crippen LogP contribution in [0.2, 0.25) is 0 Å². The highest BCUT2D eigenvalue weighted by atomic mass is 79.9. The Morgan fingerprint density at radius 2 is 2.27 bits per heavy atom. The Hall–Kier alpha value is -1.03. The van der Waals surface area contributed by atoms with Crippen LogP contribution in [0, 0.1) is 0 Å². The van der Waals surface area contributed by atoms with Crippen LogP contribution in [0.1, 0.15) is 0 Å². The van der Waals surface area contributed by atoms with E-state index in [1.807, 2.05) is 12.3 Å². The Bertz CT molecular complexity index is 393. The summed E-state index contributed by atoms with van der Waals surface area (Å²) in [5.41, 5.74) is 6.30.